The van der Waals surface area contributed by atoms with Crippen molar-refractivity contribution >= 4 is 21.6 Å². The molecule has 0 bridgehead atoms. The number of nitrogens with one attached hydrogen (secondary N) is 1. The smallest absolute Gasteiger partial charge is 0.0954 e. The van der Waals surface area contributed by atoms with E-state index >= 15 is 0 Å². The lowest BCUT2D eigenvalue weighted by Crippen LogP contribution is -2.36. The van der Waals surface area contributed by atoms with Crippen LogP contribution in [0.1, 0.15) is 38.6 Å². The molecule has 0 fully saturated rings. The Morgan fingerprint density at radius 1 is 1.26 bits per heavy atom. The summed E-state index contributed by atoms with van der Waals surface area (Å²) in [6.07, 6.45) is 3.58. The van der Waals surface area contributed by atoms with Gasteiger partial charge in [-0.25, -0.2) is 4.98 Å². The molecule has 2 unspecified atom stereocenters. The first-order valence-corrected chi connectivity index (χ1v) is 8.14. The Labute approximate surface area is 120 Å². The normalized spacial score (nSPS) is 14.7. The van der Waals surface area contributed by atoms with Crippen LogP contribution in [0.25, 0.3) is 10.2 Å². The third-order valence-corrected chi connectivity index (χ3v) is 4.69. The van der Waals surface area contributed by atoms with Gasteiger partial charge in [0.25, 0.3) is 0 Å². The van der Waals surface area contributed by atoms with E-state index in [1.54, 1.807) is 0 Å². The lowest BCUT2D eigenvalue weighted by molar-refractivity contribution is 0.357. The van der Waals surface area contributed by atoms with Crippen molar-refractivity contribution < 1.29 is 0 Å². The maximum Gasteiger partial charge on any atom is 0.0954 e. The highest BCUT2D eigenvalue weighted by Crippen LogP contribution is 2.24. The molecule has 2 rings (SSSR count). The number of fused-ring (bicyclic) bond motifs is 1. The Hall–Kier alpha value is -0.930. The van der Waals surface area contributed by atoms with Gasteiger partial charge in [-0.3, -0.25) is 0 Å². The molecule has 2 nitrogen and oxygen atoms in total. The second-order valence-corrected chi connectivity index (χ2v) is 6.32. The van der Waals surface area contributed by atoms with Crippen LogP contribution in [0.15, 0.2) is 24.3 Å². The molecule has 1 heterocycles. The van der Waals surface area contributed by atoms with Gasteiger partial charge in [-0.2, -0.15) is 0 Å². The first-order valence-electron chi connectivity index (χ1n) is 7.32. The van der Waals surface area contributed by atoms with Crippen LogP contribution in [-0.2, 0) is 6.42 Å². The van der Waals surface area contributed by atoms with Gasteiger partial charge in [0.2, 0.25) is 0 Å². The zero-order valence-corrected chi connectivity index (χ0v) is 13.0. The third kappa shape index (κ3) is 3.77. The van der Waals surface area contributed by atoms with E-state index in [4.69, 9.17) is 4.98 Å². The Kier molecular flexibility index (Phi) is 5.34. The SMILES string of the molecule is CCCC(C)C(Cc1nc2ccccc2s1)NCC. The van der Waals surface area contributed by atoms with Gasteiger partial charge in [0.05, 0.1) is 15.2 Å². The number of thiazole rings is 1. The van der Waals surface area contributed by atoms with Crippen molar-refractivity contribution in [2.45, 2.75) is 46.1 Å². The fourth-order valence-electron chi connectivity index (χ4n) is 2.59. The van der Waals surface area contributed by atoms with Crippen molar-refractivity contribution in [3.63, 3.8) is 0 Å². The maximum absolute atomic E-state index is 4.76. The van der Waals surface area contributed by atoms with Crippen LogP contribution in [0.3, 0.4) is 0 Å². The second kappa shape index (κ2) is 7.01. The van der Waals surface area contributed by atoms with E-state index in [0.29, 0.717) is 12.0 Å². The number of likely N-dealkylation sites (N-methyl/N-ethyl adjacent to an activating group) is 1. The Bertz CT molecular complexity index is 473. The minimum atomic E-state index is 0.547. The molecule has 0 amide bonds. The van der Waals surface area contributed by atoms with E-state index in [-0.39, 0.29) is 0 Å². The molecule has 0 radical (unpaired) electrons. The molecule has 1 N–H and O–H groups in total. The molecular formula is C16H24N2S. The van der Waals surface area contributed by atoms with Gasteiger partial charge in [0.1, 0.15) is 0 Å². The summed E-state index contributed by atoms with van der Waals surface area (Å²) in [6.45, 7) is 7.83. The molecule has 2 atom stereocenters. The monoisotopic (exact) mass is 276 g/mol. The number of rotatable bonds is 7. The van der Waals surface area contributed by atoms with E-state index < -0.39 is 0 Å². The van der Waals surface area contributed by atoms with Gasteiger partial charge in [-0.15, -0.1) is 11.3 Å². The summed E-state index contributed by atoms with van der Waals surface area (Å²) in [5.74, 6) is 0.706. The standard InChI is InChI=1S/C16H24N2S/c1-4-8-12(3)14(17-5-2)11-16-18-13-9-6-7-10-15(13)19-16/h6-7,9-10,12,14,17H,4-5,8,11H2,1-3H3. The van der Waals surface area contributed by atoms with Gasteiger partial charge in [-0.05, 0) is 31.0 Å². The molecule has 0 saturated heterocycles. The van der Waals surface area contributed by atoms with Crippen LogP contribution in [-0.4, -0.2) is 17.6 Å². The highest BCUT2D eigenvalue weighted by atomic mass is 32.1. The first-order chi connectivity index (χ1) is 9.24. The third-order valence-electron chi connectivity index (χ3n) is 3.63. The van der Waals surface area contributed by atoms with E-state index in [0.717, 1.165) is 18.5 Å². The Balaban J connectivity index is 2.11. The van der Waals surface area contributed by atoms with Crippen molar-refractivity contribution in [2.75, 3.05) is 6.54 Å². The fourth-order valence-corrected chi connectivity index (χ4v) is 3.61. The maximum atomic E-state index is 4.76. The number of hydrogen-bond donors (Lipinski definition) is 1. The second-order valence-electron chi connectivity index (χ2n) is 5.21. The van der Waals surface area contributed by atoms with Crippen LogP contribution < -0.4 is 5.32 Å². The van der Waals surface area contributed by atoms with Gasteiger partial charge in [0, 0.05) is 12.5 Å². The van der Waals surface area contributed by atoms with Crippen LogP contribution in [0.2, 0.25) is 0 Å². The zero-order chi connectivity index (χ0) is 13.7. The number of para-hydroxylation sites is 1. The van der Waals surface area contributed by atoms with Gasteiger partial charge >= 0.3 is 0 Å². The zero-order valence-electron chi connectivity index (χ0n) is 12.1. The summed E-state index contributed by atoms with van der Waals surface area (Å²) >= 11 is 1.84. The highest BCUT2D eigenvalue weighted by Gasteiger charge is 2.18. The van der Waals surface area contributed by atoms with Crippen LogP contribution in [0, 0.1) is 5.92 Å². The topological polar surface area (TPSA) is 24.9 Å². The molecule has 1 aromatic carbocycles. The molecule has 0 spiro atoms. The molecule has 19 heavy (non-hydrogen) atoms. The van der Waals surface area contributed by atoms with Crippen molar-refractivity contribution in [1.82, 2.24) is 10.3 Å². The minimum Gasteiger partial charge on any atom is -0.314 e. The molecule has 0 aliphatic rings. The summed E-state index contributed by atoms with van der Waals surface area (Å²) < 4.78 is 1.30. The van der Waals surface area contributed by atoms with Crippen LogP contribution >= 0.6 is 11.3 Å². The number of benzene rings is 1. The van der Waals surface area contributed by atoms with Crippen molar-refractivity contribution in [3.05, 3.63) is 29.3 Å². The predicted octanol–water partition coefficient (Wildman–Crippen LogP) is 4.25. The molecule has 0 aliphatic carbocycles. The average molecular weight is 276 g/mol. The number of hydrogen-bond acceptors (Lipinski definition) is 3. The summed E-state index contributed by atoms with van der Waals surface area (Å²) in [5.41, 5.74) is 1.14. The molecule has 0 saturated carbocycles. The first kappa shape index (κ1) is 14.5. The summed E-state index contributed by atoms with van der Waals surface area (Å²) in [7, 11) is 0. The Morgan fingerprint density at radius 3 is 2.74 bits per heavy atom. The molecule has 3 heteroatoms. The quantitative estimate of drug-likeness (QED) is 0.817. The van der Waals surface area contributed by atoms with Crippen LogP contribution in [0.5, 0.6) is 0 Å². The molecule has 104 valence electrons. The average Bonchev–Trinajstić information content (AvgIpc) is 2.80. The van der Waals surface area contributed by atoms with Crippen molar-refractivity contribution in [2.24, 2.45) is 5.92 Å². The van der Waals surface area contributed by atoms with Gasteiger partial charge < -0.3 is 5.32 Å². The van der Waals surface area contributed by atoms with Gasteiger partial charge in [0.15, 0.2) is 0 Å². The van der Waals surface area contributed by atoms with Crippen molar-refractivity contribution in [3.8, 4) is 0 Å². The summed E-state index contributed by atoms with van der Waals surface area (Å²) in [4.78, 5) is 4.76. The summed E-state index contributed by atoms with van der Waals surface area (Å²) in [6, 6.07) is 8.96. The minimum absolute atomic E-state index is 0.547. The fraction of sp³-hybridized carbons (Fsp3) is 0.562. The van der Waals surface area contributed by atoms with Crippen LogP contribution in [0.4, 0.5) is 0 Å². The molecule has 1 aromatic heterocycles. The molecular weight excluding hydrogens is 252 g/mol. The van der Waals surface area contributed by atoms with E-state index in [2.05, 4.69) is 50.4 Å². The van der Waals surface area contributed by atoms with Gasteiger partial charge in [-0.1, -0.05) is 39.3 Å². The highest BCUT2D eigenvalue weighted by molar-refractivity contribution is 7.18. The largest absolute Gasteiger partial charge is 0.314 e. The summed E-state index contributed by atoms with van der Waals surface area (Å²) in [5, 5.41) is 4.89. The number of aromatic nitrogens is 1. The van der Waals surface area contributed by atoms with E-state index in [9.17, 15) is 0 Å². The van der Waals surface area contributed by atoms with Crippen molar-refractivity contribution in [1.29, 1.82) is 0 Å². The molecule has 2 aromatic rings. The Morgan fingerprint density at radius 2 is 2.05 bits per heavy atom. The van der Waals surface area contributed by atoms with E-state index in [1.807, 2.05) is 11.3 Å². The lowest BCUT2D eigenvalue weighted by atomic mass is 9.94. The number of nitrogens with zero attached hydrogens (tertiary/aromatic N) is 1. The lowest BCUT2D eigenvalue weighted by Gasteiger charge is -2.23. The van der Waals surface area contributed by atoms with E-state index in [1.165, 1.54) is 22.5 Å². The molecule has 0 aliphatic heterocycles. The predicted molar refractivity (Wildman–Crippen MR) is 84.9 cm³/mol.